The van der Waals surface area contributed by atoms with Gasteiger partial charge in [-0.3, -0.25) is 0 Å². The van der Waals surface area contributed by atoms with E-state index in [-0.39, 0.29) is 0 Å². The van der Waals surface area contributed by atoms with Crippen LogP contribution in [0.4, 0.5) is 0 Å². The van der Waals surface area contributed by atoms with Crippen molar-refractivity contribution in [1.29, 1.82) is 0 Å². The minimum Gasteiger partial charge on any atom is -0.309 e. The standard InChI is InChI=1S/C63H38N6S/c1-2-19-39(20-3-1)61-64-62(66-63(65-61)48-29-16-27-45-44-25-9-15-38-57(44)70-60(45)48)46-26-8-14-34-53(46)69-55-36-18-35-54(67-49-30-10-4-21-40(49)41-22-5-11-31-50(41)67)58(55)47-28-17-37-56(59(47)69)68-51-32-12-6-23-42(51)43-24-7-13-33-52(43)68/h1-38H. The minimum atomic E-state index is 0.598. The monoisotopic (exact) mass is 910 g/mol. The molecule has 70 heavy (non-hydrogen) atoms. The first-order valence-corrected chi connectivity index (χ1v) is 24.4. The van der Waals surface area contributed by atoms with Crippen LogP contribution in [0.5, 0.6) is 0 Å². The average molecular weight is 911 g/mol. The van der Waals surface area contributed by atoms with Crippen LogP contribution >= 0.6 is 11.3 Å². The Bertz CT molecular complexity index is 4500. The number of fused-ring (bicyclic) bond motifs is 12. The quantitative estimate of drug-likeness (QED) is 0.167. The molecule has 0 fully saturated rings. The molecule has 15 rings (SSSR count). The van der Waals surface area contributed by atoms with E-state index < -0.39 is 0 Å². The summed E-state index contributed by atoms with van der Waals surface area (Å²) in [6.45, 7) is 0. The van der Waals surface area contributed by atoms with Crippen LogP contribution in [0.15, 0.2) is 231 Å². The lowest BCUT2D eigenvalue weighted by molar-refractivity contribution is 1.06. The number of thiophene rings is 1. The van der Waals surface area contributed by atoms with E-state index in [9.17, 15) is 0 Å². The summed E-state index contributed by atoms with van der Waals surface area (Å²) in [4.78, 5) is 16.2. The highest BCUT2D eigenvalue weighted by Crippen LogP contribution is 2.45. The van der Waals surface area contributed by atoms with Gasteiger partial charge in [0.15, 0.2) is 17.5 Å². The van der Waals surface area contributed by atoms with Gasteiger partial charge < -0.3 is 13.7 Å². The van der Waals surface area contributed by atoms with Crippen LogP contribution in [0.1, 0.15) is 0 Å². The Morgan fingerprint density at radius 3 is 1.41 bits per heavy atom. The predicted molar refractivity (Wildman–Crippen MR) is 292 cm³/mol. The van der Waals surface area contributed by atoms with Gasteiger partial charge in [-0.2, -0.15) is 0 Å². The van der Waals surface area contributed by atoms with Gasteiger partial charge in [0.2, 0.25) is 0 Å². The second kappa shape index (κ2) is 15.2. The molecule has 0 aliphatic heterocycles. The first kappa shape index (κ1) is 38.9. The van der Waals surface area contributed by atoms with E-state index in [4.69, 9.17) is 15.0 Å². The molecule has 0 radical (unpaired) electrons. The van der Waals surface area contributed by atoms with Gasteiger partial charge in [0.25, 0.3) is 0 Å². The molecule has 0 unspecified atom stereocenters. The summed E-state index contributed by atoms with van der Waals surface area (Å²) < 4.78 is 9.76. The Morgan fingerprint density at radius 1 is 0.286 bits per heavy atom. The summed E-state index contributed by atoms with van der Waals surface area (Å²) in [5.41, 5.74) is 12.7. The van der Waals surface area contributed by atoms with Gasteiger partial charge in [-0.15, -0.1) is 11.3 Å². The molecule has 7 heteroatoms. The van der Waals surface area contributed by atoms with Crippen LogP contribution in [0.25, 0.3) is 137 Å². The maximum Gasteiger partial charge on any atom is 0.166 e. The molecule has 0 aliphatic rings. The van der Waals surface area contributed by atoms with E-state index >= 15 is 0 Å². The Hall–Kier alpha value is -9.17. The molecule has 0 saturated carbocycles. The number of rotatable bonds is 6. The summed E-state index contributed by atoms with van der Waals surface area (Å²) in [5.74, 6) is 1.86. The third kappa shape index (κ3) is 5.64. The van der Waals surface area contributed by atoms with Crippen LogP contribution in [0.2, 0.25) is 0 Å². The smallest absolute Gasteiger partial charge is 0.166 e. The number of para-hydroxylation sites is 6. The molecule has 0 N–H and O–H groups in total. The zero-order valence-corrected chi connectivity index (χ0v) is 38.3. The fraction of sp³-hybridized carbons (Fsp3) is 0. The second-order valence-electron chi connectivity index (χ2n) is 17.9. The van der Waals surface area contributed by atoms with Crippen molar-refractivity contribution < 1.29 is 0 Å². The number of hydrogen-bond donors (Lipinski definition) is 0. The molecular formula is C63H38N6S. The third-order valence-electron chi connectivity index (χ3n) is 14.1. The van der Waals surface area contributed by atoms with Crippen LogP contribution in [0, 0.1) is 0 Å². The van der Waals surface area contributed by atoms with Crippen molar-refractivity contribution in [3.63, 3.8) is 0 Å². The molecule has 0 atom stereocenters. The predicted octanol–water partition coefficient (Wildman–Crippen LogP) is 16.5. The first-order chi connectivity index (χ1) is 34.8. The van der Waals surface area contributed by atoms with Crippen LogP contribution in [-0.2, 0) is 0 Å². The Labute approximate surface area is 405 Å². The van der Waals surface area contributed by atoms with Crippen LogP contribution in [0.3, 0.4) is 0 Å². The molecule has 0 aliphatic carbocycles. The van der Waals surface area contributed by atoms with E-state index in [2.05, 4.69) is 226 Å². The van der Waals surface area contributed by atoms with E-state index in [0.717, 1.165) is 82.3 Å². The zero-order valence-electron chi connectivity index (χ0n) is 37.5. The summed E-state index contributed by atoms with van der Waals surface area (Å²) >= 11 is 1.78. The van der Waals surface area contributed by atoms with Gasteiger partial charge in [-0.05, 0) is 66.7 Å². The number of hydrogen-bond acceptors (Lipinski definition) is 4. The van der Waals surface area contributed by atoms with Crippen molar-refractivity contribution in [2.24, 2.45) is 0 Å². The van der Waals surface area contributed by atoms with E-state index in [1.165, 1.54) is 37.0 Å². The highest BCUT2D eigenvalue weighted by Gasteiger charge is 2.26. The van der Waals surface area contributed by atoms with Crippen molar-refractivity contribution in [3.05, 3.63) is 231 Å². The molecule has 326 valence electrons. The molecule has 0 spiro atoms. The lowest BCUT2D eigenvalue weighted by Gasteiger charge is -2.17. The van der Waals surface area contributed by atoms with Crippen molar-refractivity contribution in [2.75, 3.05) is 0 Å². The molecular weight excluding hydrogens is 873 g/mol. The molecule has 0 saturated heterocycles. The zero-order chi connectivity index (χ0) is 45.9. The Balaban J connectivity index is 1.07. The van der Waals surface area contributed by atoms with Crippen molar-refractivity contribution in [2.45, 2.75) is 0 Å². The molecule has 0 bridgehead atoms. The molecule has 5 aromatic heterocycles. The number of nitrogens with zero attached hydrogens (tertiary/aromatic N) is 6. The van der Waals surface area contributed by atoms with Crippen molar-refractivity contribution in [1.82, 2.24) is 28.7 Å². The Morgan fingerprint density at radius 2 is 0.729 bits per heavy atom. The summed E-state index contributed by atoms with van der Waals surface area (Å²) in [6, 6.07) is 82.6. The SMILES string of the molecule is c1ccc(-c2nc(-c3ccccc3-n3c4cccc(-n5c6ccccc6c6ccccc65)c4c4cccc(-n5c6ccccc6c6ccccc65)c43)nc(-c3cccc4c3sc3ccccc34)n2)cc1. The average Bonchev–Trinajstić information content (AvgIpc) is 4.18. The van der Waals surface area contributed by atoms with Gasteiger partial charge in [0, 0.05) is 69.2 Å². The van der Waals surface area contributed by atoms with Crippen LogP contribution < -0.4 is 0 Å². The number of aromatic nitrogens is 6. The summed E-state index contributed by atoms with van der Waals surface area (Å²) in [6.07, 6.45) is 0. The van der Waals surface area contributed by atoms with Gasteiger partial charge in [-0.25, -0.2) is 15.0 Å². The summed E-state index contributed by atoms with van der Waals surface area (Å²) in [7, 11) is 0. The van der Waals surface area contributed by atoms with E-state index in [0.29, 0.717) is 17.5 Å². The maximum atomic E-state index is 5.49. The molecule has 15 aromatic rings. The van der Waals surface area contributed by atoms with Gasteiger partial charge in [0.05, 0.1) is 50.2 Å². The minimum absolute atomic E-state index is 0.598. The second-order valence-corrected chi connectivity index (χ2v) is 18.9. The number of benzene rings is 10. The highest BCUT2D eigenvalue weighted by molar-refractivity contribution is 7.26. The van der Waals surface area contributed by atoms with E-state index in [1.54, 1.807) is 11.3 Å². The summed E-state index contributed by atoms with van der Waals surface area (Å²) in [5, 5.41) is 9.59. The molecule has 6 nitrogen and oxygen atoms in total. The van der Waals surface area contributed by atoms with Crippen molar-refractivity contribution in [3.8, 4) is 51.2 Å². The van der Waals surface area contributed by atoms with Crippen molar-refractivity contribution >= 4 is 96.9 Å². The van der Waals surface area contributed by atoms with E-state index in [1.807, 2.05) is 18.2 Å². The highest BCUT2D eigenvalue weighted by atomic mass is 32.1. The fourth-order valence-corrected chi connectivity index (χ4v) is 12.4. The first-order valence-electron chi connectivity index (χ1n) is 23.6. The fourth-order valence-electron chi connectivity index (χ4n) is 11.2. The third-order valence-corrected chi connectivity index (χ3v) is 15.3. The lowest BCUT2D eigenvalue weighted by Crippen LogP contribution is -2.05. The topological polar surface area (TPSA) is 53.5 Å². The lowest BCUT2D eigenvalue weighted by atomic mass is 10.1. The Kier molecular flexibility index (Phi) is 8.43. The molecule has 5 heterocycles. The molecule has 0 amide bonds. The van der Waals surface area contributed by atoms with Gasteiger partial charge in [-0.1, -0.05) is 164 Å². The molecule has 10 aromatic carbocycles. The van der Waals surface area contributed by atoms with Crippen LogP contribution in [-0.4, -0.2) is 28.7 Å². The normalized spacial score (nSPS) is 12.0. The largest absolute Gasteiger partial charge is 0.309 e. The van der Waals surface area contributed by atoms with Gasteiger partial charge >= 0.3 is 0 Å². The van der Waals surface area contributed by atoms with Gasteiger partial charge in [0.1, 0.15) is 0 Å². The maximum absolute atomic E-state index is 5.49.